The van der Waals surface area contributed by atoms with Gasteiger partial charge in [-0.05, 0) is 62.0 Å². The van der Waals surface area contributed by atoms with E-state index in [1.165, 1.54) is 12.1 Å². The zero-order valence-corrected chi connectivity index (χ0v) is 20.5. The quantitative estimate of drug-likeness (QED) is 0.560. The van der Waals surface area contributed by atoms with Crippen molar-refractivity contribution < 1.29 is 18.0 Å². The van der Waals surface area contributed by atoms with Crippen molar-refractivity contribution in [3.63, 3.8) is 0 Å². The van der Waals surface area contributed by atoms with Gasteiger partial charge >= 0.3 is 0 Å². The summed E-state index contributed by atoms with van der Waals surface area (Å²) in [6, 6.07) is 10.7. The van der Waals surface area contributed by atoms with Crippen molar-refractivity contribution in [3.05, 3.63) is 54.2 Å². The van der Waals surface area contributed by atoms with Crippen molar-refractivity contribution in [1.82, 2.24) is 14.6 Å². The minimum Gasteiger partial charge on any atom is -0.341 e. The molecule has 0 radical (unpaired) electrons. The first-order valence-electron chi connectivity index (χ1n) is 10.9. The van der Waals surface area contributed by atoms with Crippen molar-refractivity contribution in [1.29, 1.82) is 0 Å². The Morgan fingerprint density at radius 2 is 1.97 bits per heavy atom. The lowest BCUT2D eigenvalue weighted by atomic mass is 9.96. The van der Waals surface area contributed by atoms with Crippen molar-refractivity contribution in [2.75, 3.05) is 30.4 Å². The number of hydrogen-bond donors (Lipinski definition) is 2. The van der Waals surface area contributed by atoms with Crippen molar-refractivity contribution in [2.45, 2.75) is 37.1 Å². The topological polar surface area (TPSA) is 108 Å². The third-order valence-electron chi connectivity index (χ3n) is 5.53. The number of pyridine rings is 1. The van der Waals surface area contributed by atoms with Gasteiger partial charge in [-0.1, -0.05) is 24.3 Å². The number of sulfonamides is 1. The number of benzene rings is 1. The molecule has 2 unspecified atom stereocenters. The predicted molar refractivity (Wildman–Crippen MR) is 130 cm³/mol. The molecule has 10 heteroatoms. The molecular weight excluding hydrogens is 460 g/mol. The zero-order valence-electron chi connectivity index (χ0n) is 18.9. The van der Waals surface area contributed by atoms with Crippen LogP contribution in [0.5, 0.6) is 0 Å². The fourth-order valence-electron chi connectivity index (χ4n) is 3.71. The van der Waals surface area contributed by atoms with Gasteiger partial charge < -0.3 is 10.2 Å². The van der Waals surface area contributed by atoms with Crippen LogP contribution in [0.15, 0.2) is 53.6 Å². The van der Waals surface area contributed by atoms with E-state index in [1.807, 2.05) is 19.2 Å². The number of nitrogens with one attached hydrogen (secondary N) is 2. The van der Waals surface area contributed by atoms with Crippen LogP contribution in [0.25, 0.3) is 0 Å². The van der Waals surface area contributed by atoms with Gasteiger partial charge in [-0.2, -0.15) is 16.5 Å². The molecule has 178 valence electrons. The number of hydrogen-bond acceptors (Lipinski definition) is 6. The Hall–Kier alpha value is -2.43. The number of thioether (sulfide) groups is 1. The molecule has 33 heavy (non-hydrogen) atoms. The van der Waals surface area contributed by atoms with Crippen LogP contribution in [0.2, 0.25) is 0 Å². The second-order valence-electron chi connectivity index (χ2n) is 8.10. The molecular formula is C23H30N4O4S2. The van der Waals surface area contributed by atoms with Crippen LogP contribution in [0.3, 0.4) is 0 Å². The highest BCUT2D eigenvalue weighted by Crippen LogP contribution is 2.21. The maximum absolute atomic E-state index is 13.3. The van der Waals surface area contributed by atoms with Gasteiger partial charge in [0, 0.05) is 19.3 Å². The van der Waals surface area contributed by atoms with Crippen LogP contribution in [-0.2, 0) is 19.6 Å². The largest absolute Gasteiger partial charge is 0.341 e. The van der Waals surface area contributed by atoms with Crippen LogP contribution >= 0.6 is 11.8 Å². The number of carbonyl (C=O) groups excluding carboxylic acids is 2. The van der Waals surface area contributed by atoms with E-state index in [1.54, 1.807) is 47.1 Å². The first kappa shape index (κ1) is 25.2. The Morgan fingerprint density at radius 1 is 1.21 bits per heavy atom. The Bertz CT molecular complexity index is 1050. The summed E-state index contributed by atoms with van der Waals surface area (Å²) in [6.07, 6.45) is 5.29. The summed E-state index contributed by atoms with van der Waals surface area (Å²) < 4.78 is 28.3. The predicted octanol–water partition coefficient (Wildman–Crippen LogP) is 2.67. The van der Waals surface area contributed by atoms with E-state index in [9.17, 15) is 18.0 Å². The third-order valence-corrected chi connectivity index (χ3v) is 7.66. The van der Waals surface area contributed by atoms with Crippen molar-refractivity contribution >= 4 is 39.4 Å². The van der Waals surface area contributed by atoms with Crippen molar-refractivity contribution in [3.8, 4) is 0 Å². The van der Waals surface area contributed by atoms with Crippen LogP contribution in [0.1, 0.15) is 24.8 Å². The molecule has 8 nitrogen and oxygen atoms in total. The molecule has 0 aliphatic carbocycles. The first-order valence-corrected chi connectivity index (χ1v) is 13.8. The molecule has 1 fully saturated rings. The molecule has 0 bridgehead atoms. The number of likely N-dealkylation sites (tertiary alicyclic amines) is 1. The number of amides is 2. The van der Waals surface area contributed by atoms with Gasteiger partial charge in [0.05, 0.1) is 10.8 Å². The Balaban J connectivity index is 1.68. The SMILES string of the molecule is CSCCC(NS(=O)(=O)c1ccccc1)C(=O)N1CCCC(C(=O)Nc2ccc(C)cn2)C1. The summed E-state index contributed by atoms with van der Waals surface area (Å²) in [5.41, 5.74) is 0.997. The molecule has 2 amide bonds. The van der Waals surface area contributed by atoms with E-state index in [0.717, 1.165) is 5.56 Å². The van der Waals surface area contributed by atoms with E-state index in [0.29, 0.717) is 37.4 Å². The molecule has 0 saturated carbocycles. The summed E-state index contributed by atoms with van der Waals surface area (Å²) in [5.74, 6) is 0.244. The van der Waals surface area contributed by atoms with Gasteiger partial charge in [0.15, 0.2) is 0 Å². The van der Waals surface area contributed by atoms with Gasteiger partial charge in [0.25, 0.3) is 0 Å². The maximum atomic E-state index is 13.3. The highest BCUT2D eigenvalue weighted by molar-refractivity contribution is 7.98. The summed E-state index contributed by atoms with van der Waals surface area (Å²) in [5, 5.41) is 2.82. The molecule has 0 spiro atoms. The molecule has 3 rings (SSSR count). The molecule has 2 heterocycles. The van der Waals surface area contributed by atoms with E-state index < -0.39 is 16.1 Å². The number of piperidine rings is 1. The van der Waals surface area contributed by atoms with Gasteiger partial charge in [0.1, 0.15) is 11.9 Å². The summed E-state index contributed by atoms with van der Waals surface area (Å²) in [4.78, 5) is 32.0. The lowest BCUT2D eigenvalue weighted by Gasteiger charge is -2.34. The minimum atomic E-state index is -3.84. The Morgan fingerprint density at radius 3 is 2.64 bits per heavy atom. The average Bonchev–Trinajstić information content (AvgIpc) is 2.83. The smallest absolute Gasteiger partial charge is 0.241 e. The third kappa shape index (κ3) is 7.02. The monoisotopic (exact) mass is 490 g/mol. The average molecular weight is 491 g/mol. The first-order chi connectivity index (χ1) is 15.8. The molecule has 1 aliphatic heterocycles. The minimum absolute atomic E-state index is 0.119. The lowest BCUT2D eigenvalue weighted by Crippen LogP contribution is -2.52. The summed E-state index contributed by atoms with van der Waals surface area (Å²) >= 11 is 1.55. The van der Waals surface area contributed by atoms with Gasteiger partial charge in [0.2, 0.25) is 21.8 Å². The van der Waals surface area contributed by atoms with Crippen LogP contribution in [0.4, 0.5) is 5.82 Å². The standard InChI is InChI=1S/C23H30N4O4S2/c1-17-10-11-21(24-15-17)25-22(28)18-7-6-13-27(16-18)23(29)20(12-14-32-2)26-33(30,31)19-8-4-3-5-9-19/h3-5,8-11,15,18,20,26H,6-7,12-14,16H2,1-2H3,(H,24,25,28). The molecule has 1 aromatic heterocycles. The Kier molecular flexibility index (Phi) is 8.87. The molecule has 2 atom stereocenters. The number of aromatic nitrogens is 1. The number of nitrogens with zero attached hydrogens (tertiary/aromatic N) is 2. The summed E-state index contributed by atoms with van der Waals surface area (Å²) in [6.45, 7) is 2.66. The van der Waals surface area contributed by atoms with Gasteiger partial charge in [-0.3, -0.25) is 9.59 Å². The maximum Gasteiger partial charge on any atom is 0.241 e. The number of anilines is 1. The molecule has 1 aliphatic rings. The second-order valence-corrected chi connectivity index (χ2v) is 10.8. The molecule has 1 aromatic carbocycles. The summed E-state index contributed by atoms with van der Waals surface area (Å²) in [7, 11) is -3.84. The number of rotatable bonds is 9. The number of carbonyl (C=O) groups is 2. The van der Waals surface area contributed by atoms with Crippen LogP contribution in [0, 0.1) is 12.8 Å². The van der Waals surface area contributed by atoms with E-state index >= 15 is 0 Å². The Labute approximate surface area is 199 Å². The molecule has 1 saturated heterocycles. The highest BCUT2D eigenvalue weighted by atomic mass is 32.2. The fourth-order valence-corrected chi connectivity index (χ4v) is 5.42. The second kappa shape index (κ2) is 11.6. The normalized spacial score (nSPS) is 17.4. The fraction of sp³-hybridized carbons (Fsp3) is 0.435. The van der Waals surface area contributed by atoms with Crippen molar-refractivity contribution in [2.24, 2.45) is 5.92 Å². The van der Waals surface area contributed by atoms with E-state index in [4.69, 9.17) is 0 Å². The van der Waals surface area contributed by atoms with E-state index in [2.05, 4.69) is 15.0 Å². The van der Waals surface area contributed by atoms with Gasteiger partial charge in [-0.25, -0.2) is 13.4 Å². The lowest BCUT2D eigenvalue weighted by molar-refractivity contribution is -0.136. The van der Waals surface area contributed by atoms with Crippen LogP contribution in [-0.4, -0.2) is 61.3 Å². The highest BCUT2D eigenvalue weighted by Gasteiger charge is 2.34. The van der Waals surface area contributed by atoms with Crippen LogP contribution < -0.4 is 10.0 Å². The molecule has 2 aromatic rings. The zero-order chi connectivity index (χ0) is 23.8. The number of aryl methyl sites for hydroxylation is 1. The van der Waals surface area contributed by atoms with Gasteiger partial charge in [-0.15, -0.1) is 0 Å². The van der Waals surface area contributed by atoms with E-state index in [-0.39, 0.29) is 29.2 Å². The molecule has 2 N–H and O–H groups in total.